The highest BCUT2D eigenvalue weighted by Gasteiger charge is 2.26. The summed E-state index contributed by atoms with van der Waals surface area (Å²) < 4.78 is 0. The highest BCUT2D eigenvalue weighted by atomic mass is 32.1. The van der Waals surface area contributed by atoms with Crippen molar-refractivity contribution in [2.45, 2.75) is 25.7 Å². The standard InChI is InChI=1S/C21H20N2OS/c1-14-3-11-18(12-4-14)23(2)21(24)17-9-5-15(6-10-17)19-13-25-20(22-19)16-7-8-16/h3-6,9-13,16H,7-8H2,1-2H3. The third kappa shape index (κ3) is 3.35. The predicted molar refractivity (Wildman–Crippen MR) is 103 cm³/mol. The lowest BCUT2D eigenvalue weighted by Crippen LogP contribution is -2.26. The highest BCUT2D eigenvalue weighted by molar-refractivity contribution is 7.10. The van der Waals surface area contributed by atoms with Gasteiger partial charge in [-0.2, -0.15) is 0 Å². The molecule has 4 rings (SSSR count). The molecule has 3 nitrogen and oxygen atoms in total. The molecule has 25 heavy (non-hydrogen) atoms. The van der Waals surface area contributed by atoms with E-state index in [0.717, 1.165) is 16.9 Å². The Kier molecular flexibility index (Phi) is 4.14. The minimum atomic E-state index is -0.00708. The molecule has 126 valence electrons. The van der Waals surface area contributed by atoms with Gasteiger partial charge in [0.05, 0.1) is 10.7 Å². The minimum absolute atomic E-state index is 0.00708. The molecule has 1 saturated carbocycles. The Bertz CT molecular complexity index is 892. The van der Waals surface area contributed by atoms with Gasteiger partial charge in [-0.05, 0) is 44.0 Å². The van der Waals surface area contributed by atoms with E-state index in [0.29, 0.717) is 11.5 Å². The number of rotatable bonds is 4. The van der Waals surface area contributed by atoms with E-state index in [1.54, 1.807) is 16.2 Å². The smallest absolute Gasteiger partial charge is 0.258 e. The molecular formula is C21H20N2OS. The van der Waals surface area contributed by atoms with Crippen LogP contribution < -0.4 is 4.90 Å². The average molecular weight is 348 g/mol. The van der Waals surface area contributed by atoms with Crippen LogP contribution in [0.3, 0.4) is 0 Å². The Hall–Kier alpha value is -2.46. The summed E-state index contributed by atoms with van der Waals surface area (Å²) in [5, 5.41) is 3.36. The molecule has 0 bridgehead atoms. The third-order valence-corrected chi connectivity index (χ3v) is 5.61. The number of aromatic nitrogens is 1. The number of aryl methyl sites for hydroxylation is 1. The molecule has 1 heterocycles. The van der Waals surface area contributed by atoms with Crippen molar-refractivity contribution in [1.82, 2.24) is 4.98 Å². The van der Waals surface area contributed by atoms with Crippen molar-refractivity contribution in [3.63, 3.8) is 0 Å². The molecule has 4 heteroatoms. The van der Waals surface area contributed by atoms with E-state index in [1.165, 1.54) is 23.4 Å². The van der Waals surface area contributed by atoms with Gasteiger partial charge in [-0.1, -0.05) is 29.8 Å². The first-order valence-corrected chi connectivity index (χ1v) is 9.40. The average Bonchev–Trinajstić information content (AvgIpc) is 3.38. The van der Waals surface area contributed by atoms with Crippen molar-refractivity contribution in [3.8, 4) is 11.3 Å². The molecule has 0 unspecified atom stereocenters. The fraction of sp³-hybridized carbons (Fsp3) is 0.238. The molecule has 1 fully saturated rings. The van der Waals surface area contributed by atoms with Crippen molar-refractivity contribution in [3.05, 3.63) is 70.0 Å². The first-order valence-electron chi connectivity index (χ1n) is 8.52. The van der Waals surface area contributed by atoms with Crippen LogP contribution in [0.5, 0.6) is 0 Å². The van der Waals surface area contributed by atoms with E-state index in [9.17, 15) is 4.79 Å². The zero-order valence-corrected chi connectivity index (χ0v) is 15.2. The lowest BCUT2D eigenvalue weighted by Gasteiger charge is -2.17. The van der Waals surface area contributed by atoms with Crippen LogP contribution in [0.15, 0.2) is 53.9 Å². The number of carbonyl (C=O) groups excluding carboxylic acids is 1. The SMILES string of the molecule is Cc1ccc(N(C)C(=O)c2ccc(-c3csc(C4CC4)n3)cc2)cc1. The van der Waals surface area contributed by atoms with Crippen molar-refractivity contribution in [2.24, 2.45) is 0 Å². The van der Waals surface area contributed by atoms with E-state index in [2.05, 4.69) is 5.38 Å². The summed E-state index contributed by atoms with van der Waals surface area (Å²) in [5.74, 6) is 0.676. The summed E-state index contributed by atoms with van der Waals surface area (Å²) in [6, 6.07) is 15.7. The van der Waals surface area contributed by atoms with Crippen LogP contribution >= 0.6 is 11.3 Å². The van der Waals surface area contributed by atoms with E-state index < -0.39 is 0 Å². The summed E-state index contributed by atoms with van der Waals surface area (Å²) >= 11 is 1.74. The second-order valence-corrected chi connectivity index (χ2v) is 7.51. The molecule has 0 N–H and O–H groups in total. The van der Waals surface area contributed by atoms with E-state index in [1.807, 2.05) is 62.5 Å². The molecular weight excluding hydrogens is 328 g/mol. The minimum Gasteiger partial charge on any atom is -0.311 e. The van der Waals surface area contributed by atoms with Crippen molar-refractivity contribution >= 4 is 22.9 Å². The lowest BCUT2D eigenvalue weighted by molar-refractivity contribution is 0.0993. The molecule has 2 aromatic carbocycles. The van der Waals surface area contributed by atoms with Crippen LogP contribution in [0, 0.1) is 6.92 Å². The van der Waals surface area contributed by atoms with Crippen molar-refractivity contribution in [2.75, 3.05) is 11.9 Å². The molecule has 1 aromatic heterocycles. The van der Waals surface area contributed by atoms with Crippen LogP contribution in [0.4, 0.5) is 5.69 Å². The van der Waals surface area contributed by atoms with Gasteiger partial charge in [-0.3, -0.25) is 4.79 Å². The number of carbonyl (C=O) groups is 1. The Morgan fingerprint density at radius 2 is 1.76 bits per heavy atom. The number of amides is 1. The van der Waals surface area contributed by atoms with Crippen LogP contribution in [0.25, 0.3) is 11.3 Å². The fourth-order valence-corrected chi connectivity index (χ4v) is 3.80. The number of anilines is 1. The molecule has 0 aliphatic heterocycles. The molecule has 1 aliphatic rings. The molecule has 0 radical (unpaired) electrons. The highest BCUT2D eigenvalue weighted by Crippen LogP contribution is 2.42. The van der Waals surface area contributed by atoms with Gasteiger partial charge in [0.1, 0.15) is 0 Å². The van der Waals surface area contributed by atoms with Crippen LogP contribution in [-0.4, -0.2) is 17.9 Å². The zero-order chi connectivity index (χ0) is 17.4. The maximum atomic E-state index is 12.7. The molecule has 0 saturated heterocycles. The molecule has 0 atom stereocenters. The molecule has 3 aromatic rings. The number of hydrogen-bond acceptors (Lipinski definition) is 3. The molecule has 1 amide bonds. The van der Waals surface area contributed by atoms with Gasteiger partial charge >= 0.3 is 0 Å². The maximum Gasteiger partial charge on any atom is 0.258 e. The van der Waals surface area contributed by atoms with Crippen LogP contribution in [-0.2, 0) is 0 Å². The van der Waals surface area contributed by atoms with Gasteiger partial charge in [-0.15, -0.1) is 11.3 Å². The first kappa shape index (κ1) is 16.0. The number of thiazole rings is 1. The number of benzene rings is 2. The van der Waals surface area contributed by atoms with E-state index >= 15 is 0 Å². The molecule has 0 spiro atoms. The lowest BCUT2D eigenvalue weighted by atomic mass is 10.1. The van der Waals surface area contributed by atoms with Gasteiger partial charge < -0.3 is 4.90 Å². The van der Waals surface area contributed by atoms with E-state index in [4.69, 9.17) is 4.98 Å². The predicted octanol–water partition coefficient (Wildman–Crippen LogP) is 5.27. The quantitative estimate of drug-likeness (QED) is 0.643. The van der Waals surface area contributed by atoms with Gasteiger partial charge in [0, 0.05) is 35.2 Å². The van der Waals surface area contributed by atoms with E-state index in [-0.39, 0.29) is 5.91 Å². The van der Waals surface area contributed by atoms with Gasteiger partial charge in [0.2, 0.25) is 0 Å². The van der Waals surface area contributed by atoms with Gasteiger partial charge in [0.25, 0.3) is 5.91 Å². The monoisotopic (exact) mass is 348 g/mol. The Balaban J connectivity index is 1.52. The number of hydrogen-bond donors (Lipinski definition) is 0. The summed E-state index contributed by atoms with van der Waals surface area (Å²) in [4.78, 5) is 19.1. The summed E-state index contributed by atoms with van der Waals surface area (Å²) in [7, 11) is 1.81. The second kappa shape index (κ2) is 6.45. The topological polar surface area (TPSA) is 33.2 Å². The van der Waals surface area contributed by atoms with Crippen molar-refractivity contribution in [1.29, 1.82) is 0 Å². The Morgan fingerprint density at radius 3 is 2.40 bits per heavy atom. The van der Waals surface area contributed by atoms with Crippen LogP contribution in [0.2, 0.25) is 0 Å². The second-order valence-electron chi connectivity index (χ2n) is 6.62. The largest absolute Gasteiger partial charge is 0.311 e. The summed E-state index contributed by atoms with van der Waals surface area (Å²) in [6.45, 7) is 2.04. The maximum absolute atomic E-state index is 12.7. The molecule has 1 aliphatic carbocycles. The third-order valence-electron chi connectivity index (χ3n) is 4.60. The van der Waals surface area contributed by atoms with Crippen LogP contribution in [0.1, 0.15) is 39.7 Å². The summed E-state index contributed by atoms with van der Waals surface area (Å²) in [5.41, 5.74) is 4.84. The zero-order valence-electron chi connectivity index (χ0n) is 14.4. The first-order chi connectivity index (χ1) is 12.1. The van der Waals surface area contributed by atoms with Gasteiger partial charge in [-0.25, -0.2) is 4.98 Å². The van der Waals surface area contributed by atoms with Gasteiger partial charge in [0.15, 0.2) is 0 Å². The van der Waals surface area contributed by atoms with Crippen molar-refractivity contribution < 1.29 is 4.79 Å². The number of nitrogens with zero attached hydrogens (tertiary/aromatic N) is 2. The normalized spacial score (nSPS) is 13.7. The Labute approximate surface area is 152 Å². The summed E-state index contributed by atoms with van der Waals surface area (Å²) in [6.07, 6.45) is 2.54. The Morgan fingerprint density at radius 1 is 1.08 bits per heavy atom. The fourth-order valence-electron chi connectivity index (χ4n) is 2.80.